The van der Waals surface area contributed by atoms with Crippen LogP contribution in [0.15, 0.2) is 0 Å². The zero-order chi connectivity index (χ0) is 12.2. The van der Waals surface area contributed by atoms with Crippen molar-refractivity contribution in [2.75, 3.05) is 13.2 Å². The highest BCUT2D eigenvalue weighted by molar-refractivity contribution is 5.87. The zero-order valence-electron chi connectivity index (χ0n) is 9.78. The van der Waals surface area contributed by atoms with Gasteiger partial charge in [0, 0.05) is 6.61 Å². The maximum Gasteiger partial charge on any atom is 0.326 e. The van der Waals surface area contributed by atoms with Crippen LogP contribution in [0, 0.1) is 5.41 Å². The summed E-state index contributed by atoms with van der Waals surface area (Å²) in [4.78, 5) is 22.7. The van der Waals surface area contributed by atoms with Gasteiger partial charge in [0.05, 0.1) is 12.0 Å². The van der Waals surface area contributed by atoms with Gasteiger partial charge in [-0.15, -0.1) is 0 Å². The predicted octanol–water partition coefficient (Wildman–Crippen LogP) is 0.782. The summed E-state index contributed by atoms with van der Waals surface area (Å²) in [6.45, 7) is 4.60. The minimum atomic E-state index is -0.990. The first-order valence-electron chi connectivity index (χ1n) is 5.61. The average Bonchev–Trinajstić information content (AvgIpc) is 2.26. The third kappa shape index (κ3) is 2.95. The van der Waals surface area contributed by atoms with E-state index < -0.39 is 17.4 Å². The van der Waals surface area contributed by atoms with Crippen molar-refractivity contribution < 1.29 is 19.4 Å². The Balaban J connectivity index is 2.59. The van der Waals surface area contributed by atoms with Crippen molar-refractivity contribution in [1.29, 1.82) is 0 Å². The Kier molecular flexibility index (Phi) is 4.29. The Labute approximate surface area is 95.2 Å². The first-order chi connectivity index (χ1) is 7.49. The summed E-state index contributed by atoms with van der Waals surface area (Å²) >= 11 is 0. The molecule has 92 valence electrons. The largest absolute Gasteiger partial charge is 0.480 e. The lowest BCUT2D eigenvalue weighted by atomic mass is 9.83. The normalized spacial score (nSPS) is 27.1. The molecule has 0 radical (unpaired) electrons. The topological polar surface area (TPSA) is 75.6 Å². The van der Waals surface area contributed by atoms with Gasteiger partial charge in [-0.3, -0.25) is 4.79 Å². The van der Waals surface area contributed by atoms with E-state index in [1.807, 2.05) is 6.92 Å². The van der Waals surface area contributed by atoms with Gasteiger partial charge in [-0.05, 0) is 26.2 Å². The van der Waals surface area contributed by atoms with Crippen LogP contribution in [0.1, 0.15) is 33.1 Å². The van der Waals surface area contributed by atoms with Crippen LogP contribution in [-0.4, -0.2) is 36.2 Å². The fraction of sp³-hybridized carbons (Fsp3) is 0.818. The summed E-state index contributed by atoms with van der Waals surface area (Å²) in [5, 5.41) is 11.4. The molecule has 16 heavy (non-hydrogen) atoms. The van der Waals surface area contributed by atoms with Crippen molar-refractivity contribution >= 4 is 11.9 Å². The molecule has 0 spiro atoms. The molecule has 2 unspecified atom stereocenters. The van der Waals surface area contributed by atoms with E-state index in [4.69, 9.17) is 9.84 Å². The van der Waals surface area contributed by atoms with Gasteiger partial charge in [0.2, 0.25) is 5.91 Å². The lowest BCUT2D eigenvalue weighted by molar-refractivity contribution is -0.146. The summed E-state index contributed by atoms with van der Waals surface area (Å²) < 4.78 is 5.27. The summed E-state index contributed by atoms with van der Waals surface area (Å²) in [6, 6.07) is -0.800. The number of nitrogens with one attached hydrogen (secondary N) is 1. The van der Waals surface area contributed by atoms with Gasteiger partial charge in [0.15, 0.2) is 0 Å². The van der Waals surface area contributed by atoms with Gasteiger partial charge in [0.1, 0.15) is 6.04 Å². The van der Waals surface area contributed by atoms with Gasteiger partial charge >= 0.3 is 5.97 Å². The molecule has 1 saturated heterocycles. The van der Waals surface area contributed by atoms with Crippen molar-refractivity contribution in [2.45, 2.75) is 39.2 Å². The summed E-state index contributed by atoms with van der Waals surface area (Å²) in [7, 11) is 0. The van der Waals surface area contributed by atoms with E-state index in [1.165, 1.54) is 0 Å². The zero-order valence-corrected chi connectivity index (χ0v) is 9.78. The molecule has 0 aromatic carbocycles. The van der Waals surface area contributed by atoms with Crippen molar-refractivity contribution in [3.8, 4) is 0 Å². The maximum atomic E-state index is 11.9. The summed E-state index contributed by atoms with van der Waals surface area (Å²) in [5.41, 5.74) is -0.582. The molecule has 1 aliphatic heterocycles. The predicted molar refractivity (Wildman–Crippen MR) is 58.0 cm³/mol. The highest BCUT2D eigenvalue weighted by Gasteiger charge is 2.37. The van der Waals surface area contributed by atoms with Crippen LogP contribution >= 0.6 is 0 Å². The Hall–Kier alpha value is -1.10. The van der Waals surface area contributed by atoms with Crippen LogP contribution in [0.5, 0.6) is 0 Å². The van der Waals surface area contributed by atoms with Crippen molar-refractivity contribution in [3.63, 3.8) is 0 Å². The number of rotatable bonds is 4. The molecular formula is C11H19NO4. The van der Waals surface area contributed by atoms with E-state index in [0.29, 0.717) is 19.6 Å². The Morgan fingerprint density at radius 3 is 2.69 bits per heavy atom. The van der Waals surface area contributed by atoms with E-state index in [0.717, 1.165) is 12.8 Å². The molecule has 0 aliphatic carbocycles. The van der Waals surface area contributed by atoms with Crippen LogP contribution in [0.25, 0.3) is 0 Å². The Morgan fingerprint density at radius 2 is 2.25 bits per heavy atom. The second-order valence-electron chi connectivity index (χ2n) is 4.49. The first-order valence-corrected chi connectivity index (χ1v) is 5.61. The van der Waals surface area contributed by atoms with Gasteiger partial charge < -0.3 is 15.2 Å². The standard InChI is InChI=1S/C11H19NO4/c1-3-8(9(13)14)12-10(15)11(2)5-4-6-16-7-11/h8H,3-7H2,1-2H3,(H,12,15)(H,13,14). The van der Waals surface area contributed by atoms with E-state index in [2.05, 4.69) is 5.32 Å². The quantitative estimate of drug-likeness (QED) is 0.747. The summed E-state index contributed by atoms with van der Waals surface area (Å²) in [6.07, 6.45) is 1.97. The molecule has 1 rings (SSSR count). The van der Waals surface area contributed by atoms with Crippen molar-refractivity contribution in [2.24, 2.45) is 5.41 Å². The number of aliphatic carboxylic acids is 1. The molecule has 2 atom stereocenters. The molecule has 1 amide bonds. The van der Waals surface area contributed by atoms with Gasteiger partial charge in [-0.1, -0.05) is 6.92 Å². The fourth-order valence-electron chi connectivity index (χ4n) is 1.78. The Bertz CT molecular complexity index is 271. The smallest absolute Gasteiger partial charge is 0.326 e. The number of carbonyl (C=O) groups excluding carboxylic acids is 1. The molecular weight excluding hydrogens is 210 g/mol. The number of hydrogen-bond acceptors (Lipinski definition) is 3. The Morgan fingerprint density at radius 1 is 1.56 bits per heavy atom. The van der Waals surface area contributed by atoms with Crippen molar-refractivity contribution in [3.05, 3.63) is 0 Å². The minimum Gasteiger partial charge on any atom is -0.480 e. The molecule has 2 N–H and O–H groups in total. The molecule has 0 bridgehead atoms. The van der Waals surface area contributed by atoms with E-state index in [9.17, 15) is 9.59 Å². The van der Waals surface area contributed by atoms with Crippen molar-refractivity contribution in [1.82, 2.24) is 5.32 Å². The van der Waals surface area contributed by atoms with Crippen LogP contribution < -0.4 is 5.32 Å². The number of amides is 1. The molecule has 1 heterocycles. The SMILES string of the molecule is CCC(NC(=O)C1(C)CCCOC1)C(=O)O. The van der Waals surface area contributed by atoms with E-state index in [1.54, 1.807) is 6.92 Å². The number of hydrogen-bond donors (Lipinski definition) is 2. The third-order valence-electron chi connectivity index (χ3n) is 3.00. The van der Waals surface area contributed by atoms with Crippen LogP contribution in [0.2, 0.25) is 0 Å². The number of carbonyl (C=O) groups is 2. The van der Waals surface area contributed by atoms with Gasteiger partial charge in [-0.2, -0.15) is 0 Å². The number of carboxylic acid groups (broad SMARTS) is 1. The average molecular weight is 229 g/mol. The maximum absolute atomic E-state index is 11.9. The molecule has 0 saturated carbocycles. The molecule has 0 aromatic heterocycles. The molecule has 1 aliphatic rings. The fourth-order valence-corrected chi connectivity index (χ4v) is 1.78. The van der Waals surface area contributed by atoms with Gasteiger partial charge in [-0.25, -0.2) is 4.79 Å². The number of carboxylic acids is 1. The molecule has 0 aromatic rings. The van der Waals surface area contributed by atoms with E-state index in [-0.39, 0.29) is 5.91 Å². The van der Waals surface area contributed by atoms with Crippen LogP contribution in [0.3, 0.4) is 0 Å². The monoisotopic (exact) mass is 229 g/mol. The highest BCUT2D eigenvalue weighted by Crippen LogP contribution is 2.28. The molecule has 5 nitrogen and oxygen atoms in total. The second-order valence-corrected chi connectivity index (χ2v) is 4.49. The first kappa shape index (κ1) is 13.0. The lowest BCUT2D eigenvalue weighted by Gasteiger charge is -2.32. The minimum absolute atomic E-state index is 0.221. The lowest BCUT2D eigenvalue weighted by Crippen LogP contribution is -2.50. The third-order valence-corrected chi connectivity index (χ3v) is 3.00. The molecule has 1 fully saturated rings. The second kappa shape index (κ2) is 5.30. The number of ether oxygens (including phenoxy) is 1. The highest BCUT2D eigenvalue weighted by atomic mass is 16.5. The van der Waals surface area contributed by atoms with Gasteiger partial charge in [0.25, 0.3) is 0 Å². The summed E-state index contributed by atoms with van der Waals surface area (Å²) in [5.74, 6) is -1.21. The van der Waals surface area contributed by atoms with Crippen LogP contribution in [0.4, 0.5) is 0 Å². The molecule has 5 heteroatoms. The van der Waals surface area contributed by atoms with Crippen LogP contribution in [-0.2, 0) is 14.3 Å². The van der Waals surface area contributed by atoms with E-state index >= 15 is 0 Å².